The Kier molecular flexibility index (Phi) is 6.19. The van der Waals surface area contributed by atoms with Crippen LogP contribution < -0.4 is 5.32 Å². The molecule has 1 aromatic heterocycles. The lowest BCUT2D eigenvalue weighted by Crippen LogP contribution is -2.08. The van der Waals surface area contributed by atoms with Crippen molar-refractivity contribution in [3.8, 4) is 0 Å². The van der Waals surface area contributed by atoms with Crippen molar-refractivity contribution < 1.29 is 9.90 Å². The van der Waals surface area contributed by atoms with Gasteiger partial charge in [0.1, 0.15) is 11.1 Å². The molecule has 0 bridgehead atoms. The Morgan fingerprint density at radius 1 is 1.33 bits per heavy atom. The highest BCUT2D eigenvalue weighted by atomic mass is 32.2. The number of carbonyl (C=O) groups is 1. The molecule has 2 N–H and O–H groups in total. The average molecular weight is 270 g/mol. The van der Waals surface area contributed by atoms with Gasteiger partial charge in [0.05, 0.1) is 0 Å². The van der Waals surface area contributed by atoms with Gasteiger partial charge in [-0.05, 0) is 25.7 Å². The van der Waals surface area contributed by atoms with Crippen LogP contribution in [-0.4, -0.2) is 11.2 Å². The molecular formula is C14H24NO2S+. The summed E-state index contributed by atoms with van der Waals surface area (Å²) < 4.78 is 0. The fourth-order valence-electron chi connectivity index (χ4n) is 2.19. The Morgan fingerprint density at radius 3 is 2.56 bits per heavy atom. The summed E-state index contributed by atoms with van der Waals surface area (Å²) in [4.78, 5) is 10.9. The molecule has 0 aliphatic carbocycles. The van der Waals surface area contributed by atoms with Crippen LogP contribution in [0, 0.1) is 0 Å². The van der Waals surface area contributed by atoms with E-state index < -0.39 is 6.09 Å². The highest BCUT2D eigenvalue weighted by Gasteiger charge is 2.24. The molecule has 0 fully saturated rings. The average Bonchev–Trinajstić information content (AvgIpc) is 2.64. The van der Waals surface area contributed by atoms with E-state index in [2.05, 4.69) is 31.5 Å². The van der Waals surface area contributed by atoms with E-state index in [-0.39, 0.29) is 10.5 Å². The van der Waals surface area contributed by atoms with Gasteiger partial charge in [0.25, 0.3) is 5.00 Å². The van der Waals surface area contributed by atoms with E-state index in [4.69, 9.17) is 5.11 Å². The zero-order valence-corrected chi connectivity index (χ0v) is 12.4. The standard InChI is InChI=1S/C14H23NO2S/c1-4-7-8-11-10-18(9-5-2)13(12(11)6-3)15-14(16)17/h10,15H,4-9H2,1-3H3/p+1. The summed E-state index contributed by atoms with van der Waals surface area (Å²) in [5.41, 5.74) is 2.61. The normalized spacial score (nSPS) is 11.6. The molecule has 1 atom stereocenters. The number of hydrogen-bond donors (Lipinski definition) is 2. The second-order valence-corrected chi connectivity index (χ2v) is 6.38. The van der Waals surface area contributed by atoms with Crippen LogP contribution in [0.5, 0.6) is 0 Å². The van der Waals surface area contributed by atoms with Gasteiger partial charge in [0, 0.05) is 21.6 Å². The highest BCUT2D eigenvalue weighted by molar-refractivity contribution is 7.33. The summed E-state index contributed by atoms with van der Waals surface area (Å²) in [6.07, 6.45) is 4.50. The molecule has 102 valence electrons. The Hall–Kier alpha value is -1.03. The van der Waals surface area contributed by atoms with Crippen LogP contribution in [0.1, 0.15) is 51.2 Å². The SMILES string of the molecule is CCCCc1c[s+](CCC)c(NC(=O)O)c1CC. The fourth-order valence-corrected chi connectivity index (χ4v) is 4.48. The zero-order valence-electron chi connectivity index (χ0n) is 11.6. The van der Waals surface area contributed by atoms with Gasteiger partial charge in [-0.15, -0.1) is 0 Å². The van der Waals surface area contributed by atoms with Crippen LogP contribution >= 0.6 is 10.5 Å². The number of hydrogen-bond acceptors (Lipinski definition) is 1. The molecule has 3 nitrogen and oxygen atoms in total. The molecule has 18 heavy (non-hydrogen) atoms. The van der Waals surface area contributed by atoms with Crippen molar-refractivity contribution in [2.24, 2.45) is 0 Å². The third-order valence-electron chi connectivity index (χ3n) is 3.01. The molecule has 0 aliphatic heterocycles. The number of anilines is 1. The van der Waals surface area contributed by atoms with Gasteiger partial charge in [-0.3, -0.25) is 0 Å². The number of unbranched alkanes of at least 4 members (excludes halogenated alkanes) is 1. The maximum absolute atomic E-state index is 10.9. The molecule has 0 radical (unpaired) electrons. The first-order valence-corrected chi connectivity index (χ1v) is 8.23. The van der Waals surface area contributed by atoms with Crippen molar-refractivity contribution in [2.75, 3.05) is 5.32 Å². The molecule has 1 amide bonds. The number of aryl methyl sites for hydroxylation is 2. The maximum Gasteiger partial charge on any atom is 0.412 e. The summed E-state index contributed by atoms with van der Waals surface area (Å²) in [6.45, 7) is 6.44. The van der Waals surface area contributed by atoms with E-state index in [0.717, 1.165) is 30.0 Å². The topological polar surface area (TPSA) is 49.3 Å². The van der Waals surface area contributed by atoms with Crippen LogP contribution in [0.3, 0.4) is 0 Å². The molecule has 1 aromatic rings. The van der Waals surface area contributed by atoms with Gasteiger partial charge in [0.2, 0.25) is 0 Å². The third kappa shape index (κ3) is 3.73. The van der Waals surface area contributed by atoms with Gasteiger partial charge in [-0.25, -0.2) is 10.1 Å². The van der Waals surface area contributed by atoms with Crippen molar-refractivity contribution >= 4 is 21.6 Å². The van der Waals surface area contributed by atoms with Crippen LogP contribution in [-0.2, 0) is 18.6 Å². The van der Waals surface area contributed by atoms with Gasteiger partial charge in [-0.2, -0.15) is 0 Å². The van der Waals surface area contributed by atoms with Crippen molar-refractivity contribution in [1.82, 2.24) is 0 Å². The molecule has 0 saturated carbocycles. The van der Waals surface area contributed by atoms with E-state index in [9.17, 15) is 4.79 Å². The largest absolute Gasteiger partial charge is 0.465 e. The number of amides is 1. The monoisotopic (exact) mass is 270 g/mol. The fraction of sp³-hybridized carbons (Fsp3) is 0.643. The summed E-state index contributed by atoms with van der Waals surface area (Å²) in [5.74, 6) is 1.05. The number of rotatable bonds is 7. The number of carboxylic acid groups (broad SMARTS) is 1. The van der Waals surface area contributed by atoms with Crippen LogP contribution in [0.15, 0.2) is 5.38 Å². The summed E-state index contributed by atoms with van der Waals surface area (Å²) in [5, 5.41) is 14.9. The number of thiophene rings is 1. The van der Waals surface area contributed by atoms with Crippen molar-refractivity contribution in [2.45, 2.75) is 58.6 Å². The summed E-state index contributed by atoms with van der Waals surface area (Å²) in [7, 11) is -0.0235. The Morgan fingerprint density at radius 2 is 2.06 bits per heavy atom. The van der Waals surface area contributed by atoms with Gasteiger partial charge in [0.15, 0.2) is 0 Å². The van der Waals surface area contributed by atoms with Crippen LogP contribution in [0.4, 0.5) is 9.80 Å². The first-order valence-electron chi connectivity index (χ1n) is 6.77. The quantitative estimate of drug-likeness (QED) is 0.696. The second-order valence-electron chi connectivity index (χ2n) is 4.47. The van der Waals surface area contributed by atoms with E-state index in [1.165, 1.54) is 24.0 Å². The molecule has 1 heterocycles. The molecule has 4 heteroatoms. The number of nitrogens with one attached hydrogen (secondary N) is 1. The minimum atomic E-state index is -0.935. The highest BCUT2D eigenvalue weighted by Crippen LogP contribution is 2.40. The minimum Gasteiger partial charge on any atom is -0.465 e. The Balaban J connectivity index is 3.07. The van der Waals surface area contributed by atoms with Gasteiger partial charge in [-0.1, -0.05) is 27.2 Å². The van der Waals surface area contributed by atoms with E-state index >= 15 is 0 Å². The van der Waals surface area contributed by atoms with E-state index in [0.29, 0.717) is 0 Å². The molecule has 0 saturated heterocycles. The molecule has 0 aromatic carbocycles. The van der Waals surface area contributed by atoms with Gasteiger partial charge >= 0.3 is 6.09 Å². The first kappa shape index (κ1) is 15.0. The molecule has 1 rings (SSSR count). The lowest BCUT2D eigenvalue weighted by atomic mass is 10.1. The molecule has 0 aliphatic rings. The minimum absolute atomic E-state index is 0.0235. The predicted octanol–water partition coefficient (Wildman–Crippen LogP) is 4.84. The maximum atomic E-state index is 10.9. The van der Waals surface area contributed by atoms with Crippen molar-refractivity contribution in [1.29, 1.82) is 0 Å². The van der Waals surface area contributed by atoms with Crippen LogP contribution in [0.2, 0.25) is 0 Å². The van der Waals surface area contributed by atoms with E-state index in [1.807, 2.05) is 0 Å². The molecule has 1 unspecified atom stereocenters. The summed E-state index contributed by atoms with van der Waals surface area (Å²) >= 11 is 0. The lowest BCUT2D eigenvalue weighted by molar-refractivity contribution is 0.210. The smallest absolute Gasteiger partial charge is 0.412 e. The Bertz CT molecular complexity index is 399. The lowest BCUT2D eigenvalue weighted by Gasteiger charge is -2.01. The van der Waals surface area contributed by atoms with Crippen LogP contribution in [0.25, 0.3) is 0 Å². The third-order valence-corrected chi connectivity index (χ3v) is 5.30. The molecular weight excluding hydrogens is 246 g/mol. The van der Waals surface area contributed by atoms with Gasteiger partial charge < -0.3 is 5.11 Å². The predicted molar refractivity (Wildman–Crippen MR) is 78.8 cm³/mol. The van der Waals surface area contributed by atoms with Crippen molar-refractivity contribution in [3.63, 3.8) is 0 Å². The molecule has 0 spiro atoms. The van der Waals surface area contributed by atoms with Crippen molar-refractivity contribution in [3.05, 3.63) is 16.5 Å². The first-order chi connectivity index (χ1) is 8.63. The van der Waals surface area contributed by atoms with E-state index in [1.54, 1.807) is 0 Å². The Labute approximate surface area is 112 Å². The summed E-state index contributed by atoms with van der Waals surface area (Å²) in [6, 6.07) is 0. The zero-order chi connectivity index (χ0) is 13.5. The second kappa shape index (κ2) is 7.41.